The van der Waals surface area contributed by atoms with Crippen molar-refractivity contribution in [1.29, 1.82) is 0 Å². The van der Waals surface area contributed by atoms with Gasteiger partial charge in [-0.2, -0.15) is 0 Å². The van der Waals surface area contributed by atoms with E-state index < -0.39 is 0 Å². The lowest BCUT2D eigenvalue weighted by molar-refractivity contribution is -0.134. The van der Waals surface area contributed by atoms with Crippen molar-refractivity contribution in [2.75, 3.05) is 32.1 Å². The SMILES string of the molecule is CNC[C@@H]1Oc2ccc(NC(=O)NC(C)C)cc2CC(=O)N([C@@H](C)CO)C[C@H]1C. The van der Waals surface area contributed by atoms with Gasteiger partial charge in [-0.05, 0) is 46.0 Å². The van der Waals surface area contributed by atoms with E-state index in [1.54, 1.807) is 23.1 Å². The zero-order valence-corrected chi connectivity index (χ0v) is 18.0. The molecular weight excluding hydrogens is 372 g/mol. The first-order chi connectivity index (χ1) is 13.7. The van der Waals surface area contributed by atoms with E-state index in [1.807, 2.05) is 34.7 Å². The third-order valence-electron chi connectivity index (χ3n) is 5.00. The summed E-state index contributed by atoms with van der Waals surface area (Å²) in [6.07, 6.45) is 0.000997. The molecule has 1 aliphatic rings. The zero-order valence-electron chi connectivity index (χ0n) is 18.0. The van der Waals surface area contributed by atoms with Gasteiger partial charge in [0.15, 0.2) is 0 Å². The number of carbonyl (C=O) groups is 2. The number of nitrogens with zero attached hydrogens (tertiary/aromatic N) is 1. The fourth-order valence-corrected chi connectivity index (χ4v) is 3.38. The van der Waals surface area contributed by atoms with E-state index in [4.69, 9.17) is 4.74 Å². The van der Waals surface area contributed by atoms with Crippen LogP contribution in [0.4, 0.5) is 10.5 Å². The van der Waals surface area contributed by atoms with Gasteiger partial charge in [-0.1, -0.05) is 6.92 Å². The lowest BCUT2D eigenvalue weighted by Gasteiger charge is -2.32. The summed E-state index contributed by atoms with van der Waals surface area (Å²) in [5, 5.41) is 18.3. The Morgan fingerprint density at radius 1 is 1.34 bits per heavy atom. The Balaban J connectivity index is 2.35. The molecular formula is C21H34N4O4. The minimum atomic E-state index is -0.299. The first kappa shape index (κ1) is 23.0. The Labute approximate surface area is 173 Å². The van der Waals surface area contributed by atoms with Crippen LogP contribution in [0, 0.1) is 5.92 Å². The molecule has 162 valence electrons. The molecule has 8 nitrogen and oxygen atoms in total. The van der Waals surface area contributed by atoms with E-state index >= 15 is 0 Å². The van der Waals surface area contributed by atoms with Gasteiger partial charge >= 0.3 is 6.03 Å². The van der Waals surface area contributed by atoms with E-state index in [0.29, 0.717) is 30.1 Å². The second kappa shape index (κ2) is 10.5. The summed E-state index contributed by atoms with van der Waals surface area (Å²) in [4.78, 5) is 26.8. The molecule has 0 spiro atoms. The number of urea groups is 1. The highest BCUT2D eigenvalue weighted by atomic mass is 16.5. The maximum absolute atomic E-state index is 13.0. The zero-order chi connectivity index (χ0) is 21.6. The minimum absolute atomic E-state index is 0.0186. The molecule has 0 fully saturated rings. The lowest BCUT2D eigenvalue weighted by atomic mass is 10.0. The van der Waals surface area contributed by atoms with Crippen molar-refractivity contribution in [3.05, 3.63) is 23.8 Å². The number of ether oxygens (including phenoxy) is 1. The molecule has 4 N–H and O–H groups in total. The first-order valence-electron chi connectivity index (χ1n) is 10.2. The number of fused-ring (bicyclic) bond motifs is 1. The average molecular weight is 407 g/mol. The van der Waals surface area contributed by atoms with Gasteiger partial charge in [-0.15, -0.1) is 0 Å². The molecule has 0 radical (unpaired) electrons. The van der Waals surface area contributed by atoms with E-state index in [1.165, 1.54) is 0 Å². The molecule has 1 aromatic rings. The first-order valence-corrected chi connectivity index (χ1v) is 10.2. The number of benzene rings is 1. The number of rotatable bonds is 6. The van der Waals surface area contributed by atoms with Crippen LogP contribution in [0.3, 0.4) is 0 Å². The number of aliphatic hydroxyl groups excluding tert-OH is 1. The highest BCUT2D eigenvalue weighted by molar-refractivity contribution is 5.90. The summed E-state index contributed by atoms with van der Waals surface area (Å²) in [6, 6.07) is 4.80. The van der Waals surface area contributed by atoms with E-state index in [9.17, 15) is 14.7 Å². The molecule has 8 heteroatoms. The molecule has 2 rings (SSSR count). The Kier molecular flexibility index (Phi) is 8.28. The van der Waals surface area contributed by atoms with Crippen molar-refractivity contribution >= 4 is 17.6 Å². The van der Waals surface area contributed by atoms with Gasteiger partial charge < -0.3 is 30.7 Å². The Bertz CT molecular complexity index is 710. The molecule has 1 aliphatic heterocycles. The van der Waals surface area contributed by atoms with Crippen molar-refractivity contribution in [3.8, 4) is 5.75 Å². The predicted molar refractivity (Wildman–Crippen MR) is 113 cm³/mol. The molecule has 0 aliphatic carbocycles. The molecule has 3 amide bonds. The number of hydrogen-bond donors (Lipinski definition) is 4. The molecule has 0 bridgehead atoms. The Hall–Kier alpha value is -2.32. The van der Waals surface area contributed by atoms with Crippen molar-refractivity contribution in [2.24, 2.45) is 5.92 Å². The third-order valence-corrected chi connectivity index (χ3v) is 5.00. The second-order valence-electron chi connectivity index (χ2n) is 8.02. The van der Waals surface area contributed by atoms with Gasteiger partial charge in [0.05, 0.1) is 19.1 Å². The van der Waals surface area contributed by atoms with Crippen LogP contribution in [-0.2, 0) is 11.2 Å². The van der Waals surface area contributed by atoms with Crippen molar-refractivity contribution < 1.29 is 19.4 Å². The maximum Gasteiger partial charge on any atom is 0.319 e. The number of likely N-dealkylation sites (N-methyl/N-ethyl adjacent to an activating group) is 1. The number of aliphatic hydroxyl groups is 1. The molecule has 1 aromatic carbocycles. The largest absolute Gasteiger partial charge is 0.488 e. The average Bonchev–Trinajstić information content (AvgIpc) is 2.69. The summed E-state index contributed by atoms with van der Waals surface area (Å²) in [5.74, 6) is 0.636. The van der Waals surface area contributed by atoms with E-state index in [-0.39, 0.29) is 49.1 Å². The van der Waals surface area contributed by atoms with Gasteiger partial charge in [-0.3, -0.25) is 4.79 Å². The van der Waals surface area contributed by atoms with Crippen LogP contribution in [0.25, 0.3) is 0 Å². The predicted octanol–water partition coefficient (Wildman–Crippen LogP) is 1.58. The summed E-state index contributed by atoms with van der Waals surface area (Å²) in [7, 11) is 1.86. The van der Waals surface area contributed by atoms with Crippen LogP contribution in [0.15, 0.2) is 18.2 Å². The number of anilines is 1. The quantitative estimate of drug-likeness (QED) is 0.574. The topological polar surface area (TPSA) is 103 Å². The summed E-state index contributed by atoms with van der Waals surface area (Å²) in [5.41, 5.74) is 1.31. The molecule has 0 saturated heterocycles. The molecule has 0 aromatic heterocycles. The van der Waals surface area contributed by atoms with Crippen molar-refractivity contribution in [3.63, 3.8) is 0 Å². The Morgan fingerprint density at radius 2 is 2.07 bits per heavy atom. The number of hydrogen-bond acceptors (Lipinski definition) is 5. The normalized spacial score (nSPS) is 20.8. The monoisotopic (exact) mass is 406 g/mol. The number of amides is 3. The van der Waals surface area contributed by atoms with Crippen LogP contribution in [0.2, 0.25) is 0 Å². The van der Waals surface area contributed by atoms with Crippen LogP contribution in [0.1, 0.15) is 33.3 Å². The van der Waals surface area contributed by atoms with Crippen LogP contribution in [0.5, 0.6) is 5.75 Å². The van der Waals surface area contributed by atoms with Gasteiger partial charge in [0.2, 0.25) is 5.91 Å². The number of nitrogens with one attached hydrogen (secondary N) is 3. The molecule has 29 heavy (non-hydrogen) atoms. The minimum Gasteiger partial charge on any atom is -0.488 e. The smallest absolute Gasteiger partial charge is 0.319 e. The summed E-state index contributed by atoms with van der Waals surface area (Å²) < 4.78 is 6.27. The molecule has 0 unspecified atom stereocenters. The lowest BCUT2D eigenvalue weighted by Crippen LogP contribution is -2.47. The van der Waals surface area contributed by atoms with Gasteiger partial charge in [0, 0.05) is 36.3 Å². The van der Waals surface area contributed by atoms with Crippen LogP contribution in [-0.4, -0.2) is 66.9 Å². The molecule has 0 saturated carbocycles. The third kappa shape index (κ3) is 6.33. The van der Waals surface area contributed by atoms with Crippen LogP contribution < -0.4 is 20.7 Å². The van der Waals surface area contributed by atoms with Gasteiger partial charge in [0.1, 0.15) is 11.9 Å². The van der Waals surface area contributed by atoms with Gasteiger partial charge in [0.25, 0.3) is 0 Å². The molecule has 1 heterocycles. The highest BCUT2D eigenvalue weighted by Crippen LogP contribution is 2.28. The highest BCUT2D eigenvalue weighted by Gasteiger charge is 2.30. The standard InChI is InChI=1S/C21H34N4O4/c1-13(2)23-21(28)24-17-6-7-18-16(8-17)9-20(27)25(15(4)12-26)11-14(3)19(29-18)10-22-5/h6-8,13-15,19,22,26H,9-12H2,1-5H3,(H2,23,24,28)/t14-,15+,19+/m1/s1. The van der Waals surface area contributed by atoms with Crippen LogP contribution >= 0.6 is 0 Å². The van der Waals surface area contributed by atoms with E-state index in [0.717, 1.165) is 0 Å². The summed E-state index contributed by atoms with van der Waals surface area (Å²) >= 11 is 0. The second-order valence-corrected chi connectivity index (χ2v) is 8.02. The van der Waals surface area contributed by atoms with Crippen molar-refractivity contribution in [1.82, 2.24) is 15.5 Å². The summed E-state index contributed by atoms with van der Waals surface area (Å²) in [6.45, 7) is 8.69. The fourth-order valence-electron chi connectivity index (χ4n) is 3.38. The fraction of sp³-hybridized carbons (Fsp3) is 0.619. The van der Waals surface area contributed by atoms with E-state index in [2.05, 4.69) is 16.0 Å². The van der Waals surface area contributed by atoms with Gasteiger partial charge in [-0.25, -0.2) is 4.79 Å². The maximum atomic E-state index is 13.0. The van der Waals surface area contributed by atoms with Crippen molar-refractivity contribution in [2.45, 2.75) is 52.3 Å². The number of carbonyl (C=O) groups excluding carboxylic acids is 2. The Morgan fingerprint density at radius 3 is 2.69 bits per heavy atom. The molecule has 3 atom stereocenters.